The maximum Gasteiger partial charge on any atom is 0.150 e. The first-order chi connectivity index (χ1) is 10.7. The Morgan fingerprint density at radius 1 is 1.00 bits per heavy atom. The lowest BCUT2D eigenvalue weighted by Crippen LogP contribution is -1.97. The van der Waals surface area contributed by atoms with Gasteiger partial charge in [0.05, 0.1) is 11.6 Å². The lowest BCUT2D eigenvalue weighted by molar-refractivity contribution is 0.112. The molecule has 0 aliphatic heterocycles. The normalized spacial score (nSPS) is 10.5. The fourth-order valence-corrected chi connectivity index (χ4v) is 2.50. The summed E-state index contributed by atoms with van der Waals surface area (Å²) in [5.41, 5.74) is 2.71. The largest absolute Gasteiger partial charge is 0.492 e. The molecule has 3 heteroatoms. The third kappa shape index (κ3) is 4.60. The monoisotopic (exact) mass is 316 g/mol. The van der Waals surface area contributed by atoms with Gasteiger partial charge in [0, 0.05) is 5.56 Å². The van der Waals surface area contributed by atoms with Crippen molar-refractivity contribution in [3.63, 3.8) is 0 Å². The highest BCUT2D eigenvalue weighted by Gasteiger charge is 2.05. The number of hydrogen-bond acceptors (Lipinski definition) is 2. The molecule has 2 nitrogen and oxygen atoms in total. The molecule has 0 unspecified atom stereocenters. The highest BCUT2D eigenvalue weighted by molar-refractivity contribution is 6.32. The van der Waals surface area contributed by atoms with Gasteiger partial charge in [0.2, 0.25) is 0 Å². The van der Waals surface area contributed by atoms with Crippen LogP contribution in [0.2, 0.25) is 5.02 Å². The van der Waals surface area contributed by atoms with Gasteiger partial charge in [-0.15, -0.1) is 0 Å². The summed E-state index contributed by atoms with van der Waals surface area (Å²) in [6.45, 7) is 2.89. The SMILES string of the molecule is CCCCCCOc1ccc(-c2ccc(C=O)cc2)cc1Cl. The van der Waals surface area contributed by atoms with Crippen molar-refractivity contribution >= 4 is 17.9 Å². The van der Waals surface area contributed by atoms with Gasteiger partial charge in [-0.05, 0) is 29.7 Å². The predicted molar refractivity (Wildman–Crippen MR) is 91.9 cm³/mol. The number of ether oxygens (including phenoxy) is 1. The van der Waals surface area contributed by atoms with Gasteiger partial charge in [0.25, 0.3) is 0 Å². The number of carbonyl (C=O) groups excluding carboxylic acids is 1. The number of benzene rings is 2. The van der Waals surface area contributed by atoms with Crippen molar-refractivity contribution in [2.75, 3.05) is 6.61 Å². The number of halogens is 1. The molecule has 0 aliphatic rings. The van der Waals surface area contributed by atoms with E-state index in [1.807, 2.05) is 30.3 Å². The van der Waals surface area contributed by atoms with Crippen LogP contribution in [0.15, 0.2) is 42.5 Å². The number of rotatable bonds is 8. The van der Waals surface area contributed by atoms with Crippen LogP contribution in [0.25, 0.3) is 11.1 Å². The van der Waals surface area contributed by atoms with Crippen LogP contribution in [0.4, 0.5) is 0 Å². The summed E-state index contributed by atoms with van der Waals surface area (Å²) < 4.78 is 5.73. The van der Waals surface area contributed by atoms with Crippen molar-refractivity contribution in [1.29, 1.82) is 0 Å². The van der Waals surface area contributed by atoms with Gasteiger partial charge >= 0.3 is 0 Å². The van der Waals surface area contributed by atoms with Crippen LogP contribution >= 0.6 is 11.6 Å². The second-order valence-corrected chi connectivity index (χ2v) is 5.70. The van der Waals surface area contributed by atoms with Crippen molar-refractivity contribution in [1.82, 2.24) is 0 Å². The number of unbranched alkanes of at least 4 members (excludes halogenated alkanes) is 3. The second kappa shape index (κ2) is 8.60. The molecule has 0 bridgehead atoms. The van der Waals surface area contributed by atoms with Crippen LogP contribution in [-0.4, -0.2) is 12.9 Å². The molecule has 0 aromatic heterocycles. The van der Waals surface area contributed by atoms with Crippen LogP contribution in [0.1, 0.15) is 43.0 Å². The molecule has 2 aromatic rings. The molecule has 0 amide bonds. The average Bonchev–Trinajstić information content (AvgIpc) is 2.56. The van der Waals surface area contributed by atoms with E-state index in [9.17, 15) is 4.79 Å². The molecule has 0 N–H and O–H groups in total. The summed E-state index contributed by atoms with van der Waals surface area (Å²) in [6.07, 6.45) is 5.55. The maximum absolute atomic E-state index is 10.7. The average molecular weight is 317 g/mol. The molecule has 2 aromatic carbocycles. The zero-order valence-corrected chi connectivity index (χ0v) is 13.6. The van der Waals surface area contributed by atoms with Crippen LogP contribution in [0, 0.1) is 0 Å². The summed E-state index contributed by atoms with van der Waals surface area (Å²) in [4.78, 5) is 10.7. The summed E-state index contributed by atoms with van der Waals surface area (Å²) >= 11 is 6.30. The molecule has 22 heavy (non-hydrogen) atoms. The van der Waals surface area contributed by atoms with E-state index in [1.165, 1.54) is 19.3 Å². The van der Waals surface area contributed by atoms with Crippen molar-refractivity contribution in [3.05, 3.63) is 53.1 Å². The lowest BCUT2D eigenvalue weighted by Gasteiger charge is -2.10. The van der Waals surface area contributed by atoms with Gasteiger partial charge in [-0.25, -0.2) is 0 Å². The van der Waals surface area contributed by atoms with Gasteiger partial charge in [-0.3, -0.25) is 4.79 Å². The molecule has 0 heterocycles. The third-order valence-corrected chi connectivity index (χ3v) is 3.86. The summed E-state index contributed by atoms with van der Waals surface area (Å²) in [5, 5.41) is 0.618. The summed E-state index contributed by atoms with van der Waals surface area (Å²) in [7, 11) is 0. The van der Waals surface area contributed by atoms with E-state index in [4.69, 9.17) is 16.3 Å². The minimum atomic E-state index is 0.618. The minimum absolute atomic E-state index is 0.618. The third-order valence-electron chi connectivity index (χ3n) is 3.57. The number of aldehydes is 1. The van der Waals surface area contributed by atoms with Gasteiger partial charge < -0.3 is 4.74 Å². The van der Waals surface area contributed by atoms with E-state index in [2.05, 4.69) is 6.92 Å². The topological polar surface area (TPSA) is 26.3 Å². The van der Waals surface area contributed by atoms with Crippen LogP contribution in [-0.2, 0) is 0 Å². The molecule has 116 valence electrons. The summed E-state index contributed by atoms with van der Waals surface area (Å²) in [5.74, 6) is 0.728. The fourth-order valence-electron chi connectivity index (χ4n) is 2.26. The van der Waals surface area contributed by atoms with Crippen LogP contribution < -0.4 is 4.74 Å². The maximum atomic E-state index is 10.7. The van der Waals surface area contributed by atoms with E-state index in [1.54, 1.807) is 12.1 Å². The first-order valence-electron chi connectivity index (χ1n) is 7.72. The molecular weight excluding hydrogens is 296 g/mol. The highest BCUT2D eigenvalue weighted by atomic mass is 35.5. The molecule has 2 rings (SSSR count). The van der Waals surface area contributed by atoms with Gasteiger partial charge in [0.1, 0.15) is 12.0 Å². The molecular formula is C19H21ClO2. The number of hydrogen-bond donors (Lipinski definition) is 0. The Kier molecular flexibility index (Phi) is 6.47. The zero-order chi connectivity index (χ0) is 15.8. The Morgan fingerprint density at radius 2 is 1.73 bits per heavy atom. The van der Waals surface area contributed by atoms with Crippen LogP contribution in [0.5, 0.6) is 5.75 Å². The van der Waals surface area contributed by atoms with Crippen molar-refractivity contribution in [2.24, 2.45) is 0 Å². The molecule has 0 fully saturated rings. The second-order valence-electron chi connectivity index (χ2n) is 5.29. The summed E-state index contributed by atoms with van der Waals surface area (Å²) in [6, 6.07) is 13.2. The van der Waals surface area contributed by atoms with Gasteiger partial charge in [-0.2, -0.15) is 0 Å². The standard InChI is InChI=1S/C19H21ClO2/c1-2-3-4-5-12-22-19-11-10-17(13-18(19)20)16-8-6-15(14-21)7-9-16/h6-11,13-14H,2-5,12H2,1H3. The first-order valence-corrected chi connectivity index (χ1v) is 8.10. The minimum Gasteiger partial charge on any atom is -0.492 e. The fraction of sp³-hybridized carbons (Fsp3) is 0.316. The molecule has 0 radical (unpaired) electrons. The molecule has 0 aliphatic carbocycles. The molecule has 0 spiro atoms. The van der Waals surface area contributed by atoms with E-state index in [0.717, 1.165) is 29.6 Å². The predicted octanol–water partition coefficient (Wildman–Crippen LogP) is 5.78. The Bertz CT molecular complexity index is 605. The van der Waals surface area contributed by atoms with Crippen molar-refractivity contribution in [2.45, 2.75) is 32.6 Å². The zero-order valence-electron chi connectivity index (χ0n) is 12.8. The Balaban J connectivity index is 2.00. The van der Waals surface area contributed by atoms with Gasteiger partial charge in [-0.1, -0.05) is 68.1 Å². The molecule has 0 saturated heterocycles. The molecule has 0 atom stereocenters. The van der Waals surface area contributed by atoms with Crippen molar-refractivity contribution < 1.29 is 9.53 Å². The lowest BCUT2D eigenvalue weighted by atomic mass is 10.0. The quantitative estimate of drug-likeness (QED) is 0.456. The Morgan fingerprint density at radius 3 is 2.36 bits per heavy atom. The van der Waals surface area contributed by atoms with E-state index in [-0.39, 0.29) is 0 Å². The first kappa shape index (κ1) is 16.6. The highest BCUT2D eigenvalue weighted by Crippen LogP contribution is 2.30. The van der Waals surface area contributed by atoms with E-state index >= 15 is 0 Å². The van der Waals surface area contributed by atoms with E-state index < -0.39 is 0 Å². The Hall–Kier alpha value is -1.80. The number of carbonyl (C=O) groups is 1. The smallest absolute Gasteiger partial charge is 0.150 e. The van der Waals surface area contributed by atoms with Gasteiger partial charge in [0.15, 0.2) is 0 Å². The van der Waals surface area contributed by atoms with E-state index in [0.29, 0.717) is 17.2 Å². The van der Waals surface area contributed by atoms with Crippen molar-refractivity contribution in [3.8, 4) is 16.9 Å². The molecule has 0 saturated carbocycles. The Labute approximate surface area is 137 Å². The van der Waals surface area contributed by atoms with Crippen LogP contribution in [0.3, 0.4) is 0 Å².